The SMILES string of the molecule is O=C([O-])CCCCCCCC/C=C/I. The van der Waals surface area contributed by atoms with Crippen molar-refractivity contribution >= 4 is 28.6 Å². The fourth-order valence-corrected chi connectivity index (χ4v) is 1.66. The number of aliphatic carboxylic acids is 1. The van der Waals surface area contributed by atoms with E-state index >= 15 is 0 Å². The summed E-state index contributed by atoms with van der Waals surface area (Å²) in [7, 11) is 0. The molecule has 0 aromatic carbocycles. The molecule has 14 heavy (non-hydrogen) atoms. The molecular formula is C11H18IO2-. The van der Waals surface area contributed by atoms with Gasteiger partial charge in [0.05, 0.1) is 0 Å². The van der Waals surface area contributed by atoms with Gasteiger partial charge in [0.1, 0.15) is 0 Å². The molecule has 82 valence electrons. The molecule has 0 aliphatic carbocycles. The van der Waals surface area contributed by atoms with Gasteiger partial charge in [-0.05, 0) is 29.8 Å². The largest absolute Gasteiger partial charge is 0.550 e. The van der Waals surface area contributed by atoms with Crippen LogP contribution in [0.15, 0.2) is 10.2 Å². The number of halogens is 1. The molecule has 0 saturated carbocycles. The zero-order valence-corrected chi connectivity index (χ0v) is 10.7. The second kappa shape index (κ2) is 11.0. The summed E-state index contributed by atoms with van der Waals surface area (Å²) in [6, 6.07) is 0. The lowest BCUT2D eigenvalue weighted by Gasteiger charge is -2.01. The van der Waals surface area contributed by atoms with Crippen LogP contribution in [0.1, 0.15) is 51.4 Å². The molecule has 0 N–H and O–H groups in total. The van der Waals surface area contributed by atoms with E-state index in [-0.39, 0.29) is 6.42 Å². The summed E-state index contributed by atoms with van der Waals surface area (Å²) < 4.78 is 2.05. The van der Waals surface area contributed by atoms with Gasteiger partial charge < -0.3 is 9.90 Å². The van der Waals surface area contributed by atoms with Crippen molar-refractivity contribution in [1.82, 2.24) is 0 Å². The van der Waals surface area contributed by atoms with Crippen molar-refractivity contribution < 1.29 is 9.90 Å². The molecule has 0 atom stereocenters. The van der Waals surface area contributed by atoms with Gasteiger partial charge in [0.15, 0.2) is 0 Å². The maximum absolute atomic E-state index is 10.1. The Hall–Kier alpha value is -0.0600. The predicted molar refractivity (Wildman–Crippen MR) is 65.1 cm³/mol. The molecule has 2 nitrogen and oxygen atoms in total. The van der Waals surface area contributed by atoms with Gasteiger partial charge in [-0.25, -0.2) is 0 Å². The van der Waals surface area contributed by atoms with Crippen molar-refractivity contribution in [3.8, 4) is 0 Å². The van der Waals surface area contributed by atoms with Crippen LogP contribution in [0, 0.1) is 0 Å². The van der Waals surface area contributed by atoms with Gasteiger partial charge in [-0.15, -0.1) is 0 Å². The average Bonchev–Trinajstić information content (AvgIpc) is 2.15. The normalized spacial score (nSPS) is 10.9. The quantitative estimate of drug-likeness (QED) is 0.485. The van der Waals surface area contributed by atoms with E-state index in [1.165, 1.54) is 25.7 Å². The zero-order valence-electron chi connectivity index (χ0n) is 8.51. The maximum atomic E-state index is 10.1. The molecule has 0 rings (SSSR count). The van der Waals surface area contributed by atoms with Gasteiger partial charge in [0, 0.05) is 5.97 Å². The average molecular weight is 309 g/mol. The third-order valence-electron chi connectivity index (χ3n) is 2.09. The number of carboxylic acids is 1. The van der Waals surface area contributed by atoms with Crippen LogP contribution in [0.4, 0.5) is 0 Å². The highest BCUT2D eigenvalue weighted by Gasteiger charge is 1.91. The number of carboxylic acid groups (broad SMARTS) is 1. The van der Waals surface area contributed by atoms with E-state index in [4.69, 9.17) is 0 Å². The Bertz CT molecular complexity index is 167. The zero-order chi connectivity index (χ0) is 10.6. The number of rotatable bonds is 9. The summed E-state index contributed by atoms with van der Waals surface area (Å²) in [6.45, 7) is 0. The van der Waals surface area contributed by atoms with E-state index in [9.17, 15) is 9.90 Å². The lowest BCUT2D eigenvalue weighted by molar-refractivity contribution is -0.305. The molecule has 0 aliphatic heterocycles. The van der Waals surface area contributed by atoms with Crippen molar-refractivity contribution in [2.75, 3.05) is 0 Å². The fraction of sp³-hybridized carbons (Fsp3) is 0.727. The number of carbonyl (C=O) groups is 1. The van der Waals surface area contributed by atoms with Crippen LogP contribution in [-0.2, 0) is 4.79 Å². The molecule has 3 heteroatoms. The minimum absolute atomic E-state index is 0.220. The third kappa shape index (κ3) is 11.9. The van der Waals surface area contributed by atoms with E-state index in [0.29, 0.717) is 0 Å². The standard InChI is InChI=1S/C11H19IO2/c12-10-8-6-4-2-1-3-5-7-9-11(13)14/h8,10H,1-7,9H2,(H,13,14)/p-1/b10-8+. The topological polar surface area (TPSA) is 40.1 Å². The molecular weight excluding hydrogens is 291 g/mol. The van der Waals surface area contributed by atoms with Crippen LogP contribution in [0.3, 0.4) is 0 Å². The molecule has 0 amide bonds. The van der Waals surface area contributed by atoms with Crippen LogP contribution < -0.4 is 5.11 Å². The van der Waals surface area contributed by atoms with Crippen LogP contribution in [0.5, 0.6) is 0 Å². The molecule has 0 bridgehead atoms. The lowest BCUT2D eigenvalue weighted by Crippen LogP contribution is -2.21. The Morgan fingerprint density at radius 2 is 1.64 bits per heavy atom. The van der Waals surface area contributed by atoms with E-state index in [0.717, 1.165) is 19.3 Å². The van der Waals surface area contributed by atoms with Crippen LogP contribution >= 0.6 is 22.6 Å². The second-order valence-electron chi connectivity index (χ2n) is 3.39. The summed E-state index contributed by atoms with van der Waals surface area (Å²) in [4.78, 5) is 10.1. The van der Waals surface area contributed by atoms with Crippen molar-refractivity contribution in [2.45, 2.75) is 51.4 Å². The first kappa shape index (κ1) is 13.9. The van der Waals surface area contributed by atoms with Crippen LogP contribution in [0.2, 0.25) is 0 Å². The summed E-state index contributed by atoms with van der Waals surface area (Å²) in [5, 5.41) is 10.1. The third-order valence-corrected chi connectivity index (χ3v) is 2.60. The van der Waals surface area contributed by atoms with E-state index < -0.39 is 5.97 Å². The smallest absolute Gasteiger partial charge is 0.0414 e. The molecule has 0 aromatic rings. The summed E-state index contributed by atoms with van der Waals surface area (Å²) in [6.07, 6.45) is 10.2. The molecule has 0 spiro atoms. The van der Waals surface area contributed by atoms with Gasteiger partial charge in [0.25, 0.3) is 0 Å². The molecule has 0 saturated heterocycles. The van der Waals surface area contributed by atoms with Gasteiger partial charge in [0.2, 0.25) is 0 Å². The lowest BCUT2D eigenvalue weighted by atomic mass is 10.1. The minimum atomic E-state index is -0.919. The Kier molecular flexibility index (Phi) is 11.0. The number of hydrogen-bond acceptors (Lipinski definition) is 2. The Morgan fingerprint density at radius 1 is 1.07 bits per heavy atom. The monoisotopic (exact) mass is 309 g/mol. The fourth-order valence-electron chi connectivity index (χ4n) is 1.30. The first-order valence-electron chi connectivity index (χ1n) is 5.22. The minimum Gasteiger partial charge on any atom is -0.550 e. The molecule has 0 aromatic heterocycles. The first-order valence-corrected chi connectivity index (χ1v) is 6.47. The molecule has 0 unspecified atom stereocenters. The number of allylic oxidation sites excluding steroid dienone is 1. The summed E-state index contributed by atoms with van der Waals surface area (Å²) in [5.41, 5.74) is 0. The summed E-state index contributed by atoms with van der Waals surface area (Å²) in [5.74, 6) is -0.919. The Balaban J connectivity index is 2.95. The first-order chi connectivity index (χ1) is 6.77. The maximum Gasteiger partial charge on any atom is 0.0414 e. The van der Waals surface area contributed by atoms with E-state index in [1.54, 1.807) is 0 Å². The highest BCUT2D eigenvalue weighted by Crippen LogP contribution is 2.08. The van der Waals surface area contributed by atoms with E-state index in [2.05, 4.69) is 32.7 Å². The number of hydrogen-bond donors (Lipinski definition) is 0. The number of unbranched alkanes of at least 4 members (excludes halogenated alkanes) is 6. The van der Waals surface area contributed by atoms with Gasteiger partial charge in [-0.1, -0.05) is 54.4 Å². The van der Waals surface area contributed by atoms with Gasteiger partial charge in [-0.3, -0.25) is 0 Å². The molecule has 0 fully saturated rings. The second-order valence-corrected chi connectivity index (χ2v) is 4.11. The highest BCUT2D eigenvalue weighted by atomic mass is 127. The summed E-state index contributed by atoms with van der Waals surface area (Å²) >= 11 is 2.23. The van der Waals surface area contributed by atoms with Crippen molar-refractivity contribution in [1.29, 1.82) is 0 Å². The molecule has 0 radical (unpaired) electrons. The van der Waals surface area contributed by atoms with E-state index in [1.807, 2.05) is 0 Å². The van der Waals surface area contributed by atoms with Crippen LogP contribution in [0.25, 0.3) is 0 Å². The Labute approximate surface area is 99.9 Å². The molecule has 0 heterocycles. The van der Waals surface area contributed by atoms with Crippen molar-refractivity contribution in [3.05, 3.63) is 10.2 Å². The molecule has 0 aliphatic rings. The Morgan fingerprint density at radius 3 is 2.21 bits per heavy atom. The predicted octanol–water partition coefficient (Wildman–Crippen LogP) is 2.81. The van der Waals surface area contributed by atoms with Gasteiger partial charge in [-0.2, -0.15) is 0 Å². The van der Waals surface area contributed by atoms with Crippen molar-refractivity contribution in [3.63, 3.8) is 0 Å². The number of carbonyl (C=O) groups excluding carboxylic acids is 1. The van der Waals surface area contributed by atoms with Crippen molar-refractivity contribution in [2.24, 2.45) is 0 Å². The van der Waals surface area contributed by atoms with Gasteiger partial charge >= 0.3 is 0 Å². The van der Waals surface area contributed by atoms with Crippen LogP contribution in [-0.4, -0.2) is 5.97 Å². The highest BCUT2D eigenvalue weighted by molar-refractivity contribution is 14.1.